The summed E-state index contributed by atoms with van der Waals surface area (Å²) < 4.78 is 29.2. The normalized spacial score (nSPS) is 27.3. The van der Waals surface area contributed by atoms with Crippen LogP contribution in [0.4, 0.5) is 0 Å². The van der Waals surface area contributed by atoms with Crippen LogP contribution in [0.1, 0.15) is 24.7 Å². The molecule has 106 valence electrons. The molecule has 2 aliphatic rings. The number of fused-ring (bicyclic) bond motifs is 2. The van der Waals surface area contributed by atoms with Gasteiger partial charge in [0.15, 0.2) is 0 Å². The first-order chi connectivity index (χ1) is 8.95. The van der Waals surface area contributed by atoms with Gasteiger partial charge in [-0.3, -0.25) is 4.68 Å². The molecule has 1 aromatic rings. The van der Waals surface area contributed by atoms with Crippen LogP contribution in [-0.4, -0.2) is 46.1 Å². The molecule has 2 saturated heterocycles. The zero-order chi connectivity index (χ0) is 13.8. The van der Waals surface area contributed by atoms with Gasteiger partial charge in [0.05, 0.1) is 11.4 Å². The molecular formula is C12H19N3O2S2. The van der Waals surface area contributed by atoms with Crippen LogP contribution in [-0.2, 0) is 16.6 Å². The van der Waals surface area contributed by atoms with Crippen molar-refractivity contribution in [3.8, 4) is 0 Å². The first kappa shape index (κ1) is 13.5. The van der Waals surface area contributed by atoms with Crippen molar-refractivity contribution in [1.29, 1.82) is 0 Å². The fraction of sp³-hybridized carbons (Fsp3) is 0.750. The van der Waals surface area contributed by atoms with Crippen molar-refractivity contribution in [3.05, 3.63) is 11.4 Å². The summed E-state index contributed by atoms with van der Waals surface area (Å²) in [6.45, 7) is 6.97. The lowest BCUT2D eigenvalue weighted by Crippen LogP contribution is -2.39. The van der Waals surface area contributed by atoms with Crippen molar-refractivity contribution < 1.29 is 8.42 Å². The standard InChI is InChI=1S/C12H19N3O2S2/c1-4-14-9(3)12(8(2)13-14)19(16,17)15-6-11-5-10(15)7-18-11/h10-11H,4-7H2,1-3H3/t10-,11+/m0/s1. The lowest BCUT2D eigenvalue weighted by atomic mass is 10.3. The van der Waals surface area contributed by atoms with Gasteiger partial charge < -0.3 is 0 Å². The molecule has 0 aromatic carbocycles. The van der Waals surface area contributed by atoms with Crippen LogP contribution >= 0.6 is 11.8 Å². The highest BCUT2D eigenvalue weighted by atomic mass is 32.2. The van der Waals surface area contributed by atoms with E-state index in [4.69, 9.17) is 0 Å². The van der Waals surface area contributed by atoms with E-state index in [9.17, 15) is 8.42 Å². The Morgan fingerprint density at radius 2 is 2.16 bits per heavy atom. The summed E-state index contributed by atoms with van der Waals surface area (Å²) >= 11 is 1.90. The summed E-state index contributed by atoms with van der Waals surface area (Å²) in [4.78, 5) is 0.423. The molecule has 0 unspecified atom stereocenters. The number of aryl methyl sites for hydroxylation is 2. The molecule has 0 radical (unpaired) electrons. The van der Waals surface area contributed by atoms with Gasteiger partial charge in [0.2, 0.25) is 10.0 Å². The third-order valence-corrected chi connectivity index (χ3v) is 7.59. The first-order valence-electron chi connectivity index (χ1n) is 6.62. The molecule has 5 nitrogen and oxygen atoms in total. The lowest BCUT2D eigenvalue weighted by molar-refractivity contribution is 0.409. The Morgan fingerprint density at radius 1 is 1.42 bits per heavy atom. The molecule has 2 fully saturated rings. The summed E-state index contributed by atoms with van der Waals surface area (Å²) in [5.74, 6) is 0.934. The smallest absolute Gasteiger partial charge is 0.247 e. The zero-order valence-electron chi connectivity index (χ0n) is 11.5. The highest BCUT2D eigenvalue weighted by molar-refractivity contribution is 8.00. The van der Waals surface area contributed by atoms with Gasteiger partial charge in [-0.1, -0.05) is 0 Å². The Morgan fingerprint density at radius 3 is 2.63 bits per heavy atom. The molecule has 0 amide bonds. The first-order valence-corrected chi connectivity index (χ1v) is 9.11. The Kier molecular flexibility index (Phi) is 3.18. The average Bonchev–Trinajstić information content (AvgIpc) is 3.03. The van der Waals surface area contributed by atoms with Gasteiger partial charge >= 0.3 is 0 Å². The molecule has 7 heteroatoms. The van der Waals surface area contributed by atoms with Crippen LogP contribution < -0.4 is 0 Å². The van der Waals surface area contributed by atoms with Gasteiger partial charge in [-0.2, -0.15) is 21.2 Å². The molecule has 0 spiro atoms. The molecule has 19 heavy (non-hydrogen) atoms. The highest BCUT2D eigenvalue weighted by Crippen LogP contribution is 2.41. The van der Waals surface area contributed by atoms with Crippen molar-refractivity contribution in [3.63, 3.8) is 0 Å². The van der Waals surface area contributed by atoms with E-state index in [-0.39, 0.29) is 6.04 Å². The van der Waals surface area contributed by atoms with E-state index in [1.54, 1.807) is 15.9 Å². The third kappa shape index (κ3) is 1.94. The van der Waals surface area contributed by atoms with Gasteiger partial charge in [-0.25, -0.2) is 8.42 Å². The van der Waals surface area contributed by atoms with Crippen LogP contribution in [0.15, 0.2) is 4.90 Å². The molecule has 0 aliphatic carbocycles. The van der Waals surface area contributed by atoms with Crippen molar-refractivity contribution in [1.82, 2.24) is 14.1 Å². The predicted octanol–water partition coefficient (Wildman–Crippen LogP) is 1.40. The SMILES string of the molecule is CCn1nc(C)c(S(=O)(=O)N2C[C@H]3C[C@H]2CS3)c1C. The second-order valence-corrected chi connectivity index (χ2v) is 8.40. The molecule has 3 heterocycles. The van der Waals surface area contributed by atoms with Crippen LogP contribution in [0.5, 0.6) is 0 Å². The quantitative estimate of drug-likeness (QED) is 0.847. The number of hydrogen-bond donors (Lipinski definition) is 0. The number of hydrogen-bond acceptors (Lipinski definition) is 4. The largest absolute Gasteiger partial charge is 0.268 e. The van der Waals surface area contributed by atoms with Crippen molar-refractivity contribution >= 4 is 21.8 Å². The molecule has 3 rings (SSSR count). The third-order valence-electron chi connectivity index (χ3n) is 4.03. The van der Waals surface area contributed by atoms with Gasteiger partial charge in [-0.15, -0.1) is 0 Å². The second-order valence-electron chi connectivity index (χ2n) is 5.24. The number of sulfonamides is 1. The minimum absolute atomic E-state index is 0.184. The molecule has 2 atom stereocenters. The van der Waals surface area contributed by atoms with Crippen LogP contribution in [0.25, 0.3) is 0 Å². The van der Waals surface area contributed by atoms with Crippen LogP contribution in [0, 0.1) is 13.8 Å². The lowest BCUT2D eigenvalue weighted by Gasteiger charge is -2.25. The number of thioether (sulfide) groups is 1. The molecule has 2 aliphatic heterocycles. The molecular weight excluding hydrogens is 282 g/mol. The van der Waals surface area contributed by atoms with Gasteiger partial charge in [0.25, 0.3) is 0 Å². The summed E-state index contributed by atoms with van der Waals surface area (Å²) in [5.41, 5.74) is 1.38. The fourth-order valence-corrected chi connectivity index (χ4v) is 6.82. The van der Waals surface area contributed by atoms with E-state index >= 15 is 0 Å². The summed E-state index contributed by atoms with van der Waals surface area (Å²) in [6, 6.07) is 0.184. The minimum atomic E-state index is -3.38. The minimum Gasteiger partial charge on any atom is -0.268 e. The Labute approximate surface area is 118 Å². The van der Waals surface area contributed by atoms with E-state index in [1.807, 2.05) is 25.6 Å². The molecule has 2 bridgehead atoms. The van der Waals surface area contributed by atoms with E-state index < -0.39 is 10.0 Å². The number of nitrogens with zero attached hydrogens (tertiary/aromatic N) is 3. The van der Waals surface area contributed by atoms with Crippen LogP contribution in [0.3, 0.4) is 0 Å². The van der Waals surface area contributed by atoms with Crippen LogP contribution in [0.2, 0.25) is 0 Å². The average molecular weight is 301 g/mol. The Balaban J connectivity index is 2.03. The van der Waals surface area contributed by atoms with Gasteiger partial charge in [-0.05, 0) is 27.2 Å². The zero-order valence-corrected chi connectivity index (χ0v) is 13.1. The maximum atomic E-state index is 12.9. The van der Waals surface area contributed by atoms with E-state index in [2.05, 4.69) is 5.10 Å². The van der Waals surface area contributed by atoms with Crippen molar-refractivity contribution in [2.75, 3.05) is 12.3 Å². The maximum absolute atomic E-state index is 12.9. The van der Waals surface area contributed by atoms with Gasteiger partial charge in [0, 0.05) is 30.1 Å². The summed E-state index contributed by atoms with van der Waals surface area (Å²) in [7, 11) is -3.38. The van der Waals surface area contributed by atoms with E-state index in [0.717, 1.165) is 17.9 Å². The Hall–Kier alpha value is -0.530. The monoisotopic (exact) mass is 301 g/mol. The summed E-state index contributed by atoms with van der Waals surface area (Å²) in [6.07, 6.45) is 1.00. The van der Waals surface area contributed by atoms with E-state index in [1.165, 1.54) is 0 Å². The number of aromatic nitrogens is 2. The fourth-order valence-electron chi connectivity index (χ4n) is 3.14. The number of rotatable bonds is 3. The molecule has 0 N–H and O–H groups in total. The predicted molar refractivity (Wildman–Crippen MR) is 75.9 cm³/mol. The van der Waals surface area contributed by atoms with Crippen molar-refractivity contribution in [2.45, 2.75) is 49.9 Å². The second kappa shape index (κ2) is 4.49. The Bertz CT molecular complexity index is 609. The topological polar surface area (TPSA) is 55.2 Å². The summed E-state index contributed by atoms with van der Waals surface area (Å²) in [5, 5.41) is 4.82. The van der Waals surface area contributed by atoms with Gasteiger partial charge in [0.1, 0.15) is 4.90 Å². The maximum Gasteiger partial charge on any atom is 0.247 e. The van der Waals surface area contributed by atoms with Crippen molar-refractivity contribution in [2.24, 2.45) is 0 Å². The highest BCUT2D eigenvalue weighted by Gasteiger charge is 2.46. The molecule has 0 saturated carbocycles. The van der Waals surface area contributed by atoms with E-state index in [0.29, 0.717) is 28.9 Å². The molecule has 1 aromatic heterocycles.